The van der Waals surface area contributed by atoms with Crippen molar-refractivity contribution in [1.82, 2.24) is 4.90 Å². The number of carbonyl (C=O) groups excluding carboxylic acids is 1. The molecule has 0 spiro atoms. The van der Waals surface area contributed by atoms with Crippen LogP contribution in [0.15, 0.2) is 42.5 Å². The molecule has 2 aromatic carbocycles. The van der Waals surface area contributed by atoms with Crippen molar-refractivity contribution >= 4 is 23.2 Å². The smallest absolute Gasteiger partial charge is 0.224 e. The molecule has 1 saturated heterocycles. The molecular formula is C21H25ClN2O3. The zero-order chi connectivity index (χ0) is 19.1. The first-order valence-electron chi connectivity index (χ1n) is 9.15. The minimum atomic E-state index is -0.0252. The van der Waals surface area contributed by atoms with E-state index in [0.717, 1.165) is 55.4 Å². The molecule has 1 heterocycles. The molecule has 144 valence electrons. The summed E-state index contributed by atoms with van der Waals surface area (Å²) in [6.07, 6.45) is 1.10. The fraction of sp³-hybridized carbons (Fsp3) is 0.381. The van der Waals surface area contributed by atoms with E-state index in [9.17, 15) is 4.79 Å². The summed E-state index contributed by atoms with van der Waals surface area (Å²) in [7, 11) is 1.64. The van der Waals surface area contributed by atoms with Gasteiger partial charge in [-0.05, 0) is 41.8 Å². The highest BCUT2D eigenvalue weighted by molar-refractivity contribution is 6.31. The highest BCUT2D eigenvalue weighted by Crippen LogP contribution is 2.23. The van der Waals surface area contributed by atoms with Gasteiger partial charge in [0, 0.05) is 36.8 Å². The fourth-order valence-corrected chi connectivity index (χ4v) is 3.27. The third kappa shape index (κ3) is 5.96. The summed E-state index contributed by atoms with van der Waals surface area (Å²) in [5.41, 5.74) is 2.89. The molecule has 1 amide bonds. The van der Waals surface area contributed by atoms with E-state index in [0.29, 0.717) is 17.9 Å². The molecule has 0 atom stereocenters. The van der Waals surface area contributed by atoms with Crippen LogP contribution in [0.3, 0.4) is 0 Å². The lowest BCUT2D eigenvalue weighted by atomic mass is 10.1. The molecule has 0 saturated carbocycles. The van der Waals surface area contributed by atoms with Gasteiger partial charge in [0.1, 0.15) is 5.75 Å². The van der Waals surface area contributed by atoms with Crippen molar-refractivity contribution in [3.05, 3.63) is 58.6 Å². The molecule has 0 unspecified atom stereocenters. The van der Waals surface area contributed by atoms with Crippen molar-refractivity contribution in [3.8, 4) is 5.75 Å². The van der Waals surface area contributed by atoms with E-state index in [1.54, 1.807) is 7.11 Å². The summed E-state index contributed by atoms with van der Waals surface area (Å²) < 4.78 is 10.5. The molecule has 1 N–H and O–H groups in total. The van der Waals surface area contributed by atoms with Gasteiger partial charge in [-0.15, -0.1) is 0 Å². The average molecular weight is 389 g/mol. The van der Waals surface area contributed by atoms with Crippen molar-refractivity contribution in [2.45, 2.75) is 19.4 Å². The highest BCUT2D eigenvalue weighted by atomic mass is 35.5. The first-order chi connectivity index (χ1) is 13.1. The number of nitrogens with one attached hydrogen (secondary N) is 1. The summed E-state index contributed by atoms with van der Waals surface area (Å²) in [6.45, 7) is 4.16. The van der Waals surface area contributed by atoms with E-state index in [1.807, 2.05) is 42.5 Å². The van der Waals surface area contributed by atoms with Gasteiger partial charge < -0.3 is 14.8 Å². The number of halogens is 1. The zero-order valence-electron chi connectivity index (χ0n) is 15.5. The SMILES string of the molecule is COc1ccc(CCC(=O)Nc2ccc(CN3CCOCC3)c(Cl)c2)cc1. The van der Waals surface area contributed by atoms with Gasteiger partial charge in [0.25, 0.3) is 0 Å². The minimum absolute atomic E-state index is 0.0252. The molecule has 2 aromatic rings. The quantitative estimate of drug-likeness (QED) is 0.784. The molecule has 6 heteroatoms. The maximum atomic E-state index is 12.2. The number of amides is 1. The monoisotopic (exact) mass is 388 g/mol. The molecular weight excluding hydrogens is 364 g/mol. The van der Waals surface area contributed by atoms with E-state index in [4.69, 9.17) is 21.1 Å². The van der Waals surface area contributed by atoms with Crippen LogP contribution in [0.25, 0.3) is 0 Å². The summed E-state index contributed by atoms with van der Waals surface area (Å²) in [6, 6.07) is 13.5. The minimum Gasteiger partial charge on any atom is -0.497 e. The van der Waals surface area contributed by atoms with Gasteiger partial charge in [-0.1, -0.05) is 29.8 Å². The molecule has 0 radical (unpaired) electrons. The molecule has 5 nitrogen and oxygen atoms in total. The first-order valence-corrected chi connectivity index (χ1v) is 9.53. The van der Waals surface area contributed by atoms with Crippen molar-refractivity contribution in [2.75, 3.05) is 38.7 Å². The predicted molar refractivity (Wildman–Crippen MR) is 107 cm³/mol. The Labute approximate surface area is 165 Å². The van der Waals surface area contributed by atoms with Crippen molar-refractivity contribution in [2.24, 2.45) is 0 Å². The number of methoxy groups -OCH3 is 1. The average Bonchev–Trinajstić information content (AvgIpc) is 2.70. The van der Waals surface area contributed by atoms with Crippen LogP contribution in [-0.4, -0.2) is 44.2 Å². The third-order valence-electron chi connectivity index (χ3n) is 4.63. The number of carbonyl (C=O) groups is 1. The summed E-state index contributed by atoms with van der Waals surface area (Å²) in [5.74, 6) is 0.790. The second-order valence-electron chi connectivity index (χ2n) is 6.59. The normalized spacial score (nSPS) is 14.7. The van der Waals surface area contributed by atoms with Crippen LogP contribution < -0.4 is 10.1 Å². The fourth-order valence-electron chi connectivity index (χ4n) is 3.03. The van der Waals surface area contributed by atoms with E-state index >= 15 is 0 Å². The van der Waals surface area contributed by atoms with Gasteiger partial charge in [-0.25, -0.2) is 0 Å². The summed E-state index contributed by atoms with van der Waals surface area (Å²) >= 11 is 6.41. The maximum absolute atomic E-state index is 12.2. The zero-order valence-corrected chi connectivity index (χ0v) is 16.3. The van der Waals surface area contributed by atoms with Crippen LogP contribution in [0.4, 0.5) is 5.69 Å². The number of hydrogen-bond acceptors (Lipinski definition) is 4. The molecule has 1 aliphatic rings. The highest BCUT2D eigenvalue weighted by Gasteiger charge is 2.13. The van der Waals surface area contributed by atoms with Gasteiger partial charge in [0.05, 0.1) is 20.3 Å². The summed E-state index contributed by atoms with van der Waals surface area (Å²) in [4.78, 5) is 14.5. The summed E-state index contributed by atoms with van der Waals surface area (Å²) in [5, 5.41) is 3.60. The lowest BCUT2D eigenvalue weighted by Crippen LogP contribution is -2.35. The molecule has 0 aromatic heterocycles. The van der Waals surface area contributed by atoms with Gasteiger partial charge >= 0.3 is 0 Å². The molecule has 1 aliphatic heterocycles. The largest absolute Gasteiger partial charge is 0.497 e. The number of hydrogen-bond donors (Lipinski definition) is 1. The Kier molecular flexibility index (Phi) is 7.10. The number of anilines is 1. The Morgan fingerprint density at radius 2 is 1.93 bits per heavy atom. The van der Waals surface area contributed by atoms with Crippen LogP contribution in [0.5, 0.6) is 5.75 Å². The van der Waals surface area contributed by atoms with E-state index in [2.05, 4.69) is 10.2 Å². The van der Waals surface area contributed by atoms with Gasteiger partial charge in [-0.3, -0.25) is 9.69 Å². The van der Waals surface area contributed by atoms with E-state index in [-0.39, 0.29) is 5.91 Å². The van der Waals surface area contributed by atoms with Crippen molar-refractivity contribution in [1.29, 1.82) is 0 Å². The molecule has 3 rings (SSSR count). The predicted octanol–water partition coefficient (Wildman–Crippen LogP) is 3.75. The van der Waals surface area contributed by atoms with E-state index in [1.165, 1.54) is 0 Å². The van der Waals surface area contributed by atoms with Crippen LogP contribution in [0.2, 0.25) is 5.02 Å². The maximum Gasteiger partial charge on any atom is 0.224 e. The Morgan fingerprint density at radius 1 is 1.19 bits per heavy atom. The second kappa shape index (κ2) is 9.74. The van der Waals surface area contributed by atoms with E-state index < -0.39 is 0 Å². The number of morpholine rings is 1. The molecule has 0 aliphatic carbocycles. The topological polar surface area (TPSA) is 50.8 Å². The Morgan fingerprint density at radius 3 is 2.59 bits per heavy atom. The number of nitrogens with zero attached hydrogens (tertiary/aromatic N) is 1. The van der Waals surface area contributed by atoms with Crippen LogP contribution in [0, 0.1) is 0 Å². The lowest BCUT2D eigenvalue weighted by molar-refractivity contribution is -0.116. The first kappa shape index (κ1) is 19.7. The lowest BCUT2D eigenvalue weighted by Gasteiger charge is -2.27. The number of aryl methyl sites for hydroxylation is 1. The number of rotatable bonds is 7. The molecule has 1 fully saturated rings. The van der Waals surface area contributed by atoms with Crippen LogP contribution in [0.1, 0.15) is 17.5 Å². The molecule has 27 heavy (non-hydrogen) atoms. The van der Waals surface area contributed by atoms with Gasteiger partial charge in [0.15, 0.2) is 0 Å². The molecule has 0 bridgehead atoms. The standard InChI is InChI=1S/C21H25ClN2O3/c1-26-19-7-2-16(3-8-19)4-9-21(25)23-18-6-5-17(20(22)14-18)15-24-10-12-27-13-11-24/h2-3,5-8,14H,4,9-13,15H2,1H3,(H,23,25). The second-order valence-corrected chi connectivity index (χ2v) is 7.00. The third-order valence-corrected chi connectivity index (χ3v) is 4.99. The Hall–Kier alpha value is -2.08. The number of benzene rings is 2. The van der Waals surface area contributed by atoms with Crippen LogP contribution >= 0.6 is 11.6 Å². The Balaban J connectivity index is 1.50. The Bertz CT molecular complexity index is 759. The van der Waals surface area contributed by atoms with Crippen LogP contribution in [-0.2, 0) is 22.5 Å². The van der Waals surface area contributed by atoms with Gasteiger partial charge in [-0.2, -0.15) is 0 Å². The van der Waals surface area contributed by atoms with Crippen molar-refractivity contribution < 1.29 is 14.3 Å². The number of ether oxygens (including phenoxy) is 2. The van der Waals surface area contributed by atoms with Gasteiger partial charge in [0.2, 0.25) is 5.91 Å². The van der Waals surface area contributed by atoms with Crippen molar-refractivity contribution in [3.63, 3.8) is 0 Å².